The van der Waals surface area contributed by atoms with Crippen LogP contribution in [0.25, 0.3) is 16.6 Å². The molecule has 0 amide bonds. The van der Waals surface area contributed by atoms with Crippen molar-refractivity contribution in [1.82, 2.24) is 24.7 Å². The number of methoxy groups -OCH3 is 1. The number of hydrogen-bond donors (Lipinski definition) is 2. The van der Waals surface area contributed by atoms with Crippen LogP contribution in [0.5, 0.6) is 0 Å². The smallest absolute Gasteiger partial charge is 0.345 e. The molecule has 0 bridgehead atoms. The Balaban J connectivity index is 1.62. The number of thioether (sulfide) groups is 1. The summed E-state index contributed by atoms with van der Waals surface area (Å²) >= 11 is 1.31. The van der Waals surface area contributed by atoms with Crippen molar-refractivity contribution in [2.75, 3.05) is 12.9 Å². The third kappa shape index (κ3) is 3.42. The molecule has 0 atom stereocenters. The molecule has 0 spiro atoms. The number of H-pyrrole nitrogens is 1. The molecule has 9 heteroatoms. The average Bonchev–Trinajstić information content (AvgIpc) is 3.32. The fourth-order valence-electron chi connectivity index (χ4n) is 2.88. The normalized spacial score (nSPS) is 15.0. The van der Waals surface area contributed by atoms with Gasteiger partial charge in [-0.15, -0.1) is 10.2 Å². The number of para-hydroxylation sites is 2. The third-order valence-corrected chi connectivity index (χ3v) is 5.48. The highest BCUT2D eigenvalue weighted by Gasteiger charge is 2.29. The molecule has 3 aromatic rings. The van der Waals surface area contributed by atoms with Gasteiger partial charge in [0.15, 0.2) is 5.16 Å². The molecule has 1 aromatic carbocycles. The van der Waals surface area contributed by atoms with Crippen LogP contribution in [0.1, 0.15) is 30.4 Å². The maximum atomic E-state index is 12.3. The van der Waals surface area contributed by atoms with Gasteiger partial charge < -0.3 is 19.4 Å². The number of imidazole rings is 1. The van der Waals surface area contributed by atoms with Crippen molar-refractivity contribution in [2.24, 2.45) is 7.05 Å². The number of ether oxygens (including phenoxy) is 1. The number of nitrogens with one attached hydrogen (secondary N) is 1. The van der Waals surface area contributed by atoms with Crippen LogP contribution in [0.15, 0.2) is 35.2 Å². The van der Waals surface area contributed by atoms with Gasteiger partial charge >= 0.3 is 5.97 Å². The number of esters is 1. The maximum Gasteiger partial charge on any atom is 0.345 e. The van der Waals surface area contributed by atoms with E-state index in [0.717, 1.165) is 24.2 Å². The number of carbonyl (C=O) groups excluding carboxylic acids is 1. The van der Waals surface area contributed by atoms with Gasteiger partial charge in [-0.3, -0.25) is 0 Å². The third-order valence-electron chi connectivity index (χ3n) is 4.45. The lowest BCUT2D eigenvalue weighted by Crippen LogP contribution is -2.10. The van der Waals surface area contributed by atoms with E-state index in [2.05, 4.69) is 20.2 Å². The van der Waals surface area contributed by atoms with Gasteiger partial charge in [0, 0.05) is 13.0 Å². The minimum atomic E-state index is -0.649. The highest BCUT2D eigenvalue weighted by atomic mass is 32.2. The molecular formula is C18H19N5O3S. The van der Waals surface area contributed by atoms with Crippen LogP contribution in [0.2, 0.25) is 0 Å². The van der Waals surface area contributed by atoms with E-state index in [-0.39, 0.29) is 22.9 Å². The van der Waals surface area contributed by atoms with Crippen molar-refractivity contribution in [2.45, 2.75) is 23.9 Å². The van der Waals surface area contributed by atoms with Gasteiger partial charge in [-0.05, 0) is 25.0 Å². The van der Waals surface area contributed by atoms with Crippen LogP contribution in [-0.2, 0) is 16.6 Å². The summed E-state index contributed by atoms with van der Waals surface area (Å²) in [5.74, 6) is 1.11. The molecule has 1 saturated carbocycles. The number of fused-ring (bicyclic) bond motifs is 1. The fourth-order valence-corrected chi connectivity index (χ4v) is 3.67. The number of nitrogens with zero attached hydrogens (tertiary/aromatic N) is 4. The summed E-state index contributed by atoms with van der Waals surface area (Å²) in [6.07, 6.45) is 2.28. The standard InChI is InChI=1S/C18H19N5O3S/c1-23-16(10-7-8-10)21-22-18(23)27-9-13(24)14(17(25)26-2)15-19-11-5-3-4-6-12(11)20-15/h3-6,10,24H,7-9H2,1-2H3,(H,19,20)/b14-13+. The van der Waals surface area contributed by atoms with Crippen molar-refractivity contribution in [1.29, 1.82) is 0 Å². The summed E-state index contributed by atoms with van der Waals surface area (Å²) in [5, 5.41) is 19.7. The lowest BCUT2D eigenvalue weighted by molar-refractivity contribution is -0.133. The first-order chi connectivity index (χ1) is 13.1. The van der Waals surface area contributed by atoms with E-state index in [1.54, 1.807) is 0 Å². The number of aromatic amines is 1. The van der Waals surface area contributed by atoms with E-state index in [0.29, 0.717) is 16.6 Å². The summed E-state index contributed by atoms with van der Waals surface area (Å²) in [4.78, 5) is 19.7. The quantitative estimate of drug-likeness (QED) is 0.291. The first-order valence-electron chi connectivity index (χ1n) is 8.56. The van der Waals surface area contributed by atoms with E-state index in [1.807, 2.05) is 35.9 Å². The van der Waals surface area contributed by atoms with Gasteiger partial charge in [-0.25, -0.2) is 9.78 Å². The van der Waals surface area contributed by atoms with Crippen LogP contribution in [0, 0.1) is 0 Å². The Morgan fingerprint density at radius 2 is 2.15 bits per heavy atom. The number of aromatic nitrogens is 5. The average molecular weight is 385 g/mol. The minimum absolute atomic E-state index is 0.0192. The Morgan fingerprint density at radius 1 is 1.37 bits per heavy atom. The maximum absolute atomic E-state index is 12.3. The van der Waals surface area contributed by atoms with Crippen molar-refractivity contribution >= 4 is 34.3 Å². The Labute approximate surface area is 159 Å². The molecule has 27 heavy (non-hydrogen) atoms. The second kappa shape index (κ2) is 7.07. The molecule has 0 aliphatic heterocycles. The zero-order valence-electron chi connectivity index (χ0n) is 15.0. The largest absolute Gasteiger partial charge is 0.510 e. The molecule has 2 aromatic heterocycles. The van der Waals surface area contributed by atoms with Crippen molar-refractivity contribution in [3.8, 4) is 0 Å². The van der Waals surface area contributed by atoms with Gasteiger partial charge in [0.1, 0.15) is 23.0 Å². The number of aliphatic hydroxyl groups excluding tert-OH is 1. The zero-order valence-corrected chi connectivity index (χ0v) is 15.8. The zero-order chi connectivity index (χ0) is 19.0. The van der Waals surface area contributed by atoms with Gasteiger partial charge in [-0.2, -0.15) is 0 Å². The van der Waals surface area contributed by atoms with Crippen LogP contribution in [0.4, 0.5) is 0 Å². The minimum Gasteiger partial charge on any atom is -0.510 e. The predicted molar refractivity (Wildman–Crippen MR) is 101 cm³/mol. The van der Waals surface area contributed by atoms with E-state index in [9.17, 15) is 9.90 Å². The predicted octanol–water partition coefficient (Wildman–Crippen LogP) is 2.80. The molecule has 2 heterocycles. The first-order valence-corrected chi connectivity index (χ1v) is 9.54. The highest BCUT2D eigenvalue weighted by Crippen LogP contribution is 2.39. The van der Waals surface area contributed by atoms with Gasteiger partial charge in [0.05, 0.1) is 23.9 Å². The van der Waals surface area contributed by atoms with Crippen LogP contribution < -0.4 is 0 Å². The molecule has 0 unspecified atom stereocenters. The lowest BCUT2D eigenvalue weighted by atomic mass is 10.2. The summed E-state index contributed by atoms with van der Waals surface area (Å²) in [6.45, 7) is 0. The monoisotopic (exact) mass is 385 g/mol. The fraction of sp³-hybridized carbons (Fsp3) is 0.333. The number of benzene rings is 1. The molecule has 0 radical (unpaired) electrons. The Kier molecular flexibility index (Phi) is 4.61. The summed E-state index contributed by atoms with van der Waals surface area (Å²) < 4.78 is 6.78. The summed E-state index contributed by atoms with van der Waals surface area (Å²) in [6, 6.07) is 7.41. The molecule has 1 fully saturated rings. The first kappa shape index (κ1) is 17.6. The molecule has 2 N–H and O–H groups in total. The van der Waals surface area contributed by atoms with Crippen molar-refractivity contribution < 1.29 is 14.6 Å². The van der Waals surface area contributed by atoms with Gasteiger partial charge in [0.2, 0.25) is 0 Å². The van der Waals surface area contributed by atoms with E-state index in [1.165, 1.54) is 18.9 Å². The highest BCUT2D eigenvalue weighted by molar-refractivity contribution is 7.99. The number of rotatable bonds is 6. The van der Waals surface area contributed by atoms with E-state index >= 15 is 0 Å². The molecular weight excluding hydrogens is 366 g/mol. The van der Waals surface area contributed by atoms with Crippen LogP contribution in [0.3, 0.4) is 0 Å². The second-order valence-corrected chi connectivity index (χ2v) is 7.32. The molecule has 4 rings (SSSR count). The number of hydrogen-bond acceptors (Lipinski definition) is 7. The summed E-state index contributed by atoms with van der Waals surface area (Å²) in [7, 11) is 3.19. The topological polar surface area (TPSA) is 106 Å². The lowest BCUT2D eigenvalue weighted by Gasteiger charge is -2.07. The van der Waals surface area contributed by atoms with Crippen LogP contribution >= 0.6 is 11.8 Å². The molecule has 1 aliphatic carbocycles. The second-order valence-electron chi connectivity index (χ2n) is 6.38. The summed E-state index contributed by atoms with van der Waals surface area (Å²) in [5.41, 5.74) is 1.50. The Hall–Kier alpha value is -2.81. The van der Waals surface area contributed by atoms with Crippen LogP contribution in [-0.4, -0.2) is 48.7 Å². The SMILES string of the molecule is COC(=O)/C(=C(/O)CSc1nnc(C2CC2)n1C)c1nc2ccccc2[nH]1. The number of carbonyl (C=O) groups is 1. The van der Waals surface area contributed by atoms with E-state index in [4.69, 9.17) is 4.74 Å². The molecule has 0 saturated heterocycles. The Morgan fingerprint density at radius 3 is 2.85 bits per heavy atom. The number of aliphatic hydroxyl groups is 1. The molecule has 140 valence electrons. The van der Waals surface area contributed by atoms with Crippen molar-refractivity contribution in [3.05, 3.63) is 41.7 Å². The van der Waals surface area contributed by atoms with Gasteiger partial charge in [-0.1, -0.05) is 23.9 Å². The Bertz CT molecular complexity index is 1000. The molecule has 8 nitrogen and oxygen atoms in total. The molecule has 1 aliphatic rings. The van der Waals surface area contributed by atoms with Crippen molar-refractivity contribution in [3.63, 3.8) is 0 Å². The van der Waals surface area contributed by atoms with E-state index < -0.39 is 5.97 Å². The van der Waals surface area contributed by atoms with Gasteiger partial charge in [0.25, 0.3) is 0 Å².